The van der Waals surface area contributed by atoms with Crippen molar-refractivity contribution < 1.29 is 19.4 Å². The number of carboxylic acid groups (broad SMARTS) is 1. The molecule has 0 aliphatic carbocycles. The number of nitrogens with one attached hydrogen (secondary N) is 1. The van der Waals surface area contributed by atoms with E-state index in [0.717, 1.165) is 20.1 Å². The van der Waals surface area contributed by atoms with Crippen LogP contribution in [0.25, 0.3) is 10.2 Å². The number of nitrogens with zero attached hydrogens (tertiary/aromatic N) is 3. The van der Waals surface area contributed by atoms with Crippen LogP contribution in [0.3, 0.4) is 0 Å². The Balaban J connectivity index is 1.31. The van der Waals surface area contributed by atoms with Crippen molar-refractivity contribution in [2.75, 3.05) is 19.0 Å². The number of thiazole rings is 2. The van der Waals surface area contributed by atoms with Gasteiger partial charge in [0.2, 0.25) is 5.91 Å². The number of aryl methyl sites for hydroxylation is 1. The molecule has 4 aromatic rings. The van der Waals surface area contributed by atoms with Crippen LogP contribution in [0.15, 0.2) is 42.6 Å². The Labute approximate surface area is 237 Å². The molecule has 0 unspecified atom stereocenters. The molecule has 2 aromatic carbocycles. The number of fused-ring (bicyclic) bond motifs is 1. The summed E-state index contributed by atoms with van der Waals surface area (Å²) in [7, 11) is 1.63. The smallest absolute Gasteiger partial charge is 0.303 e. The van der Waals surface area contributed by atoms with Crippen molar-refractivity contribution >= 4 is 78.8 Å². The lowest BCUT2D eigenvalue weighted by Crippen LogP contribution is -2.33. The molecule has 1 amide bonds. The van der Waals surface area contributed by atoms with Gasteiger partial charge in [-0.15, -0.1) is 11.3 Å². The van der Waals surface area contributed by atoms with Crippen LogP contribution < -0.4 is 5.32 Å². The monoisotopic (exact) mass is 590 g/mol. The molecule has 5 rings (SSSR count). The summed E-state index contributed by atoms with van der Waals surface area (Å²) in [6.07, 6.45) is 2.72. The maximum Gasteiger partial charge on any atom is 0.303 e. The Morgan fingerprint density at radius 3 is 2.79 bits per heavy atom. The molecule has 0 bridgehead atoms. The van der Waals surface area contributed by atoms with Crippen LogP contribution >= 0.6 is 45.9 Å². The van der Waals surface area contributed by atoms with E-state index in [-0.39, 0.29) is 30.9 Å². The molecule has 198 valence electrons. The van der Waals surface area contributed by atoms with E-state index in [1.807, 2.05) is 24.3 Å². The molecule has 2 N–H and O–H groups in total. The van der Waals surface area contributed by atoms with Crippen molar-refractivity contribution in [3.05, 3.63) is 68.1 Å². The first-order valence-corrected chi connectivity index (χ1v) is 14.3. The minimum atomic E-state index is -0.853. The fourth-order valence-corrected chi connectivity index (χ4v) is 6.81. The predicted molar refractivity (Wildman–Crippen MR) is 151 cm³/mol. The quantitative estimate of drug-likeness (QED) is 0.234. The van der Waals surface area contributed by atoms with Gasteiger partial charge in [-0.25, -0.2) is 9.97 Å². The Hall–Kier alpha value is -2.76. The predicted octanol–water partition coefficient (Wildman–Crippen LogP) is 6.35. The van der Waals surface area contributed by atoms with Crippen LogP contribution in [0.2, 0.25) is 10.0 Å². The Bertz CT molecular complexity index is 1460. The van der Waals surface area contributed by atoms with E-state index in [1.54, 1.807) is 30.3 Å². The van der Waals surface area contributed by atoms with Gasteiger partial charge in [0.25, 0.3) is 0 Å². The summed E-state index contributed by atoms with van der Waals surface area (Å²) >= 11 is 16.1. The van der Waals surface area contributed by atoms with E-state index in [9.17, 15) is 9.59 Å². The number of hydrogen-bond donors (Lipinski definition) is 2. The molecule has 38 heavy (non-hydrogen) atoms. The minimum Gasteiger partial charge on any atom is -0.481 e. The maximum atomic E-state index is 13.5. The number of benzene rings is 2. The standard InChI is InChI=1S/C26H24Cl2N4O4S2/c1-36-15-10-21(25-29-12-16(37-25)6-7-24(34)35)32(13-15)23(33)9-14-8-18(28)20(11-17(14)27)31-26-30-19-4-2-3-5-22(19)38-26/h2-5,8,11-12,15,21H,6-7,9-10,13H2,1H3,(H,30,31)(H,34,35)/t15-,21-/m0/s1. The molecule has 0 spiro atoms. The zero-order valence-electron chi connectivity index (χ0n) is 20.3. The highest BCUT2D eigenvalue weighted by atomic mass is 35.5. The van der Waals surface area contributed by atoms with E-state index < -0.39 is 5.97 Å². The third kappa shape index (κ3) is 5.94. The van der Waals surface area contributed by atoms with Gasteiger partial charge in [-0.1, -0.05) is 46.7 Å². The van der Waals surface area contributed by atoms with Gasteiger partial charge < -0.3 is 20.1 Å². The van der Waals surface area contributed by atoms with E-state index >= 15 is 0 Å². The van der Waals surface area contributed by atoms with Crippen LogP contribution in [-0.2, 0) is 27.2 Å². The number of ether oxygens (including phenoxy) is 1. The summed E-state index contributed by atoms with van der Waals surface area (Å²) in [5.74, 6) is -0.962. The van der Waals surface area contributed by atoms with E-state index in [2.05, 4.69) is 15.3 Å². The third-order valence-electron chi connectivity index (χ3n) is 6.37. The second-order valence-electron chi connectivity index (χ2n) is 8.93. The largest absolute Gasteiger partial charge is 0.481 e. The number of methoxy groups -OCH3 is 1. The zero-order chi connectivity index (χ0) is 26.8. The van der Waals surface area contributed by atoms with Gasteiger partial charge in [0.05, 0.1) is 45.9 Å². The Kier molecular flexibility index (Phi) is 8.15. The summed E-state index contributed by atoms with van der Waals surface area (Å²) in [6.45, 7) is 0.437. The SMILES string of the molecule is CO[C@H]1C[C@@H](c2ncc(CCC(=O)O)s2)N(C(=O)Cc2cc(Cl)c(Nc3nc4ccccc4s3)cc2Cl)C1. The van der Waals surface area contributed by atoms with Gasteiger partial charge in [0.1, 0.15) is 5.01 Å². The fourth-order valence-electron chi connectivity index (χ4n) is 4.42. The molecule has 3 heterocycles. The number of para-hydroxylation sites is 1. The highest BCUT2D eigenvalue weighted by Gasteiger charge is 2.38. The number of amides is 1. The van der Waals surface area contributed by atoms with Crippen LogP contribution in [-0.4, -0.2) is 51.6 Å². The number of rotatable bonds is 9. The van der Waals surface area contributed by atoms with E-state index in [4.69, 9.17) is 33.0 Å². The highest BCUT2D eigenvalue weighted by Crippen LogP contribution is 2.38. The molecule has 12 heteroatoms. The number of halogens is 2. The normalized spacial score (nSPS) is 17.3. The lowest BCUT2D eigenvalue weighted by Gasteiger charge is -2.23. The van der Waals surface area contributed by atoms with Crippen LogP contribution in [0.1, 0.15) is 34.3 Å². The summed E-state index contributed by atoms with van der Waals surface area (Å²) in [4.78, 5) is 36.1. The summed E-state index contributed by atoms with van der Waals surface area (Å²) in [6, 6.07) is 11.0. The van der Waals surface area contributed by atoms with Crippen LogP contribution in [0.4, 0.5) is 10.8 Å². The van der Waals surface area contributed by atoms with Gasteiger partial charge in [-0.2, -0.15) is 0 Å². The van der Waals surface area contributed by atoms with Gasteiger partial charge in [-0.3, -0.25) is 9.59 Å². The summed E-state index contributed by atoms with van der Waals surface area (Å²) < 4.78 is 6.62. The average molecular weight is 592 g/mol. The molecule has 1 fully saturated rings. The van der Waals surface area contributed by atoms with Gasteiger partial charge >= 0.3 is 5.97 Å². The number of hydrogen-bond acceptors (Lipinski definition) is 8. The number of carbonyl (C=O) groups excluding carboxylic acids is 1. The molecular weight excluding hydrogens is 567 g/mol. The highest BCUT2D eigenvalue weighted by molar-refractivity contribution is 7.22. The topological polar surface area (TPSA) is 105 Å². The van der Waals surface area contributed by atoms with Crippen molar-refractivity contribution in [1.29, 1.82) is 0 Å². The number of aromatic nitrogens is 2. The van der Waals surface area contributed by atoms with Gasteiger partial charge in [-0.05, 0) is 36.2 Å². The molecule has 2 atom stereocenters. The first-order chi connectivity index (χ1) is 18.3. The third-order valence-corrected chi connectivity index (χ3v) is 9.15. The van der Waals surface area contributed by atoms with Crippen LogP contribution in [0, 0.1) is 0 Å². The second kappa shape index (κ2) is 11.5. The summed E-state index contributed by atoms with van der Waals surface area (Å²) in [5, 5.41) is 14.5. The number of carboxylic acids is 1. The maximum absolute atomic E-state index is 13.5. The number of anilines is 2. The van der Waals surface area contributed by atoms with Crippen molar-refractivity contribution in [2.45, 2.75) is 37.8 Å². The lowest BCUT2D eigenvalue weighted by atomic mass is 10.1. The lowest BCUT2D eigenvalue weighted by molar-refractivity contribution is -0.137. The Morgan fingerprint density at radius 2 is 2.03 bits per heavy atom. The van der Waals surface area contributed by atoms with Gasteiger partial charge in [0, 0.05) is 36.2 Å². The van der Waals surface area contributed by atoms with Gasteiger partial charge in [0.15, 0.2) is 5.13 Å². The molecule has 8 nitrogen and oxygen atoms in total. The fraction of sp³-hybridized carbons (Fsp3) is 0.308. The van der Waals surface area contributed by atoms with Crippen molar-refractivity contribution in [3.63, 3.8) is 0 Å². The molecule has 1 aliphatic rings. The first kappa shape index (κ1) is 26.8. The molecule has 2 aromatic heterocycles. The van der Waals surface area contributed by atoms with Crippen molar-refractivity contribution in [2.24, 2.45) is 0 Å². The van der Waals surface area contributed by atoms with Crippen molar-refractivity contribution in [1.82, 2.24) is 14.9 Å². The molecule has 0 radical (unpaired) electrons. The van der Waals surface area contributed by atoms with Crippen LogP contribution in [0.5, 0.6) is 0 Å². The second-order valence-corrected chi connectivity index (χ2v) is 11.9. The molecule has 0 saturated carbocycles. The number of likely N-dealkylation sites (tertiary alicyclic amines) is 1. The Morgan fingerprint density at radius 1 is 1.21 bits per heavy atom. The molecule has 1 saturated heterocycles. The molecular formula is C26H24Cl2N4O4S2. The number of aliphatic carboxylic acids is 1. The van der Waals surface area contributed by atoms with E-state index in [0.29, 0.717) is 45.8 Å². The average Bonchev–Trinajstić information content (AvgIpc) is 3.63. The van der Waals surface area contributed by atoms with E-state index in [1.165, 1.54) is 22.7 Å². The molecule has 1 aliphatic heterocycles. The minimum absolute atomic E-state index is 0.0404. The number of carbonyl (C=O) groups is 2. The first-order valence-electron chi connectivity index (χ1n) is 11.9. The van der Waals surface area contributed by atoms with Crippen molar-refractivity contribution in [3.8, 4) is 0 Å². The summed E-state index contributed by atoms with van der Waals surface area (Å²) in [5.41, 5.74) is 2.13. The zero-order valence-corrected chi connectivity index (χ0v) is 23.5.